The predicted molar refractivity (Wildman–Crippen MR) is 51.8 cm³/mol. The molecule has 3 heteroatoms. The summed E-state index contributed by atoms with van der Waals surface area (Å²) in [4.78, 5) is 10.3. The Morgan fingerprint density at radius 3 is 2.50 bits per heavy atom. The SMILES string of the molecule is C=C(C[C@H]1O[C@H]1C=O)[Si](C)(C)C. The van der Waals surface area contributed by atoms with Gasteiger partial charge in [-0.15, -0.1) is 6.58 Å². The Morgan fingerprint density at radius 2 is 2.17 bits per heavy atom. The average molecular weight is 184 g/mol. The van der Waals surface area contributed by atoms with Crippen LogP contribution in [0.25, 0.3) is 0 Å². The molecule has 1 rings (SSSR count). The summed E-state index contributed by atoms with van der Waals surface area (Å²) in [6.07, 6.45) is 1.75. The van der Waals surface area contributed by atoms with Crippen molar-refractivity contribution in [3.05, 3.63) is 11.8 Å². The second-order valence-corrected chi connectivity index (χ2v) is 9.54. The number of carbonyl (C=O) groups excluding carboxylic acids is 1. The van der Waals surface area contributed by atoms with Gasteiger partial charge in [0.1, 0.15) is 6.10 Å². The largest absolute Gasteiger partial charge is 0.361 e. The minimum absolute atomic E-state index is 0.140. The van der Waals surface area contributed by atoms with E-state index in [1.54, 1.807) is 0 Å². The van der Waals surface area contributed by atoms with Crippen LogP contribution in [0.1, 0.15) is 6.42 Å². The molecule has 0 aromatic rings. The van der Waals surface area contributed by atoms with Crippen molar-refractivity contribution in [2.75, 3.05) is 0 Å². The molecule has 0 N–H and O–H groups in total. The van der Waals surface area contributed by atoms with Crippen LogP contribution in [-0.4, -0.2) is 26.6 Å². The van der Waals surface area contributed by atoms with Crippen LogP contribution >= 0.6 is 0 Å². The number of hydrogen-bond donors (Lipinski definition) is 0. The predicted octanol–water partition coefficient (Wildman–Crippen LogP) is 1.78. The maximum atomic E-state index is 10.3. The van der Waals surface area contributed by atoms with E-state index in [-0.39, 0.29) is 12.2 Å². The van der Waals surface area contributed by atoms with Crippen molar-refractivity contribution in [3.63, 3.8) is 0 Å². The lowest BCUT2D eigenvalue weighted by Gasteiger charge is -2.18. The third kappa shape index (κ3) is 2.29. The van der Waals surface area contributed by atoms with Crippen LogP contribution in [0, 0.1) is 0 Å². The quantitative estimate of drug-likeness (QED) is 0.378. The maximum Gasteiger partial charge on any atom is 0.151 e. The van der Waals surface area contributed by atoms with Crippen molar-refractivity contribution in [3.8, 4) is 0 Å². The molecule has 0 aromatic heterocycles. The number of hydrogen-bond acceptors (Lipinski definition) is 2. The van der Waals surface area contributed by atoms with Crippen molar-refractivity contribution in [2.24, 2.45) is 0 Å². The van der Waals surface area contributed by atoms with Gasteiger partial charge in [-0.3, -0.25) is 0 Å². The van der Waals surface area contributed by atoms with E-state index in [0.717, 1.165) is 12.7 Å². The van der Waals surface area contributed by atoms with Crippen LogP contribution < -0.4 is 0 Å². The molecule has 0 saturated carbocycles. The molecule has 0 radical (unpaired) electrons. The summed E-state index contributed by atoms with van der Waals surface area (Å²) in [5.41, 5.74) is 0. The zero-order valence-corrected chi connectivity index (χ0v) is 8.96. The summed E-state index contributed by atoms with van der Waals surface area (Å²) >= 11 is 0. The first-order chi connectivity index (χ1) is 5.45. The molecule has 0 bridgehead atoms. The highest BCUT2D eigenvalue weighted by atomic mass is 28.3. The van der Waals surface area contributed by atoms with Crippen LogP contribution in [0.15, 0.2) is 11.8 Å². The van der Waals surface area contributed by atoms with Crippen molar-refractivity contribution < 1.29 is 9.53 Å². The Morgan fingerprint density at radius 1 is 1.58 bits per heavy atom. The van der Waals surface area contributed by atoms with Gasteiger partial charge >= 0.3 is 0 Å². The molecule has 0 amide bonds. The van der Waals surface area contributed by atoms with Gasteiger partial charge in [0.05, 0.1) is 14.2 Å². The second kappa shape index (κ2) is 3.15. The van der Waals surface area contributed by atoms with Crippen LogP contribution in [0.3, 0.4) is 0 Å². The van der Waals surface area contributed by atoms with Crippen molar-refractivity contribution in [2.45, 2.75) is 38.3 Å². The maximum absolute atomic E-state index is 10.3. The van der Waals surface area contributed by atoms with Crippen LogP contribution in [0.2, 0.25) is 19.6 Å². The van der Waals surface area contributed by atoms with Gasteiger partial charge in [-0.25, -0.2) is 0 Å². The molecule has 0 spiro atoms. The average Bonchev–Trinajstić information content (AvgIpc) is 2.65. The second-order valence-electron chi connectivity index (χ2n) is 4.33. The van der Waals surface area contributed by atoms with Crippen molar-refractivity contribution in [1.29, 1.82) is 0 Å². The lowest BCUT2D eigenvalue weighted by molar-refractivity contribution is -0.108. The van der Waals surface area contributed by atoms with E-state index in [2.05, 4.69) is 26.2 Å². The van der Waals surface area contributed by atoms with E-state index in [1.807, 2.05) is 0 Å². The highest BCUT2D eigenvalue weighted by Crippen LogP contribution is 2.29. The molecule has 2 atom stereocenters. The highest BCUT2D eigenvalue weighted by molar-refractivity contribution is 6.82. The molecular weight excluding hydrogens is 168 g/mol. The first kappa shape index (κ1) is 9.67. The fourth-order valence-electron chi connectivity index (χ4n) is 0.989. The minimum atomic E-state index is -1.22. The van der Waals surface area contributed by atoms with E-state index in [0.29, 0.717) is 0 Å². The minimum Gasteiger partial charge on any atom is -0.361 e. The van der Waals surface area contributed by atoms with Crippen molar-refractivity contribution in [1.82, 2.24) is 0 Å². The van der Waals surface area contributed by atoms with Gasteiger partial charge in [-0.2, -0.15) is 0 Å². The van der Waals surface area contributed by atoms with Gasteiger partial charge in [0.2, 0.25) is 0 Å². The molecule has 1 aliphatic rings. The molecule has 68 valence electrons. The Balaban J connectivity index is 2.34. The van der Waals surface area contributed by atoms with Crippen LogP contribution in [0.5, 0.6) is 0 Å². The monoisotopic (exact) mass is 184 g/mol. The summed E-state index contributed by atoms with van der Waals surface area (Å²) in [6.45, 7) is 10.8. The Kier molecular flexibility index (Phi) is 2.54. The number of carbonyl (C=O) groups is 1. The van der Waals surface area contributed by atoms with E-state index in [9.17, 15) is 4.79 Å². The molecule has 1 fully saturated rings. The molecule has 0 aromatic carbocycles. The number of aldehydes is 1. The third-order valence-corrected chi connectivity index (χ3v) is 4.59. The zero-order chi connectivity index (χ0) is 9.35. The zero-order valence-electron chi connectivity index (χ0n) is 7.96. The third-order valence-electron chi connectivity index (χ3n) is 2.26. The van der Waals surface area contributed by atoms with Crippen LogP contribution in [0.4, 0.5) is 0 Å². The van der Waals surface area contributed by atoms with Gasteiger partial charge in [0, 0.05) is 0 Å². The van der Waals surface area contributed by atoms with E-state index >= 15 is 0 Å². The summed E-state index contributed by atoms with van der Waals surface area (Å²) < 4.78 is 5.13. The lowest BCUT2D eigenvalue weighted by atomic mass is 10.2. The Labute approximate surface area is 74.6 Å². The number of ether oxygens (including phenoxy) is 1. The van der Waals surface area contributed by atoms with Crippen LogP contribution in [-0.2, 0) is 9.53 Å². The normalized spacial score (nSPS) is 28.2. The fraction of sp³-hybridized carbons (Fsp3) is 0.667. The van der Waals surface area contributed by atoms with Gasteiger partial charge < -0.3 is 9.53 Å². The first-order valence-corrected chi connectivity index (χ1v) is 7.74. The lowest BCUT2D eigenvalue weighted by Crippen LogP contribution is -2.24. The molecule has 12 heavy (non-hydrogen) atoms. The summed E-state index contributed by atoms with van der Waals surface area (Å²) in [6, 6.07) is 0. The first-order valence-electron chi connectivity index (χ1n) is 4.24. The van der Waals surface area contributed by atoms with E-state index in [1.165, 1.54) is 5.20 Å². The number of rotatable bonds is 4. The summed E-state index contributed by atoms with van der Waals surface area (Å²) in [5, 5.41) is 1.29. The Hall–Kier alpha value is -0.413. The van der Waals surface area contributed by atoms with Gasteiger partial charge in [-0.05, 0) is 6.42 Å². The standard InChI is InChI=1S/C9H16O2Si/c1-7(12(2,3)4)5-8-9(6-10)11-8/h6,8-9H,1,5H2,2-4H3/t8-,9+/m1/s1. The van der Waals surface area contributed by atoms with E-state index < -0.39 is 8.07 Å². The Bertz CT molecular complexity index is 205. The van der Waals surface area contributed by atoms with Gasteiger partial charge in [0.15, 0.2) is 6.29 Å². The molecule has 0 aliphatic carbocycles. The molecule has 1 aliphatic heterocycles. The van der Waals surface area contributed by atoms with Crippen molar-refractivity contribution >= 4 is 14.4 Å². The van der Waals surface area contributed by atoms with Gasteiger partial charge in [-0.1, -0.05) is 24.8 Å². The summed E-state index contributed by atoms with van der Waals surface area (Å²) in [7, 11) is -1.22. The summed E-state index contributed by atoms with van der Waals surface area (Å²) in [5.74, 6) is 0. The topological polar surface area (TPSA) is 29.6 Å². The molecule has 2 nitrogen and oxygen atoms in total. The smallest absolute Gasteiger partial charge is 0.151 e. The molecule has 0 unspecified atom stereocenters. The number of epoxide rings is 1. The fourth-order valence-corrected chi connectivity index (χ4v) is 1.80. The van der Waals surface area contributed by atoms with E-state index in [4.69, 9.17) is 4.74 Å². The molecule has 1 saturated heterocycles. The van der Waals surface area contributed by atoms with Gasteiger partial charge in [0.25, 0.3) is 0 Å². The highest BCUT2D eigenvalue weighted by Gasteiger charge is 2.39. The molecular formula is C9H16O2Si. The molecule has 1 heterocycles.